The van der Waals surface area contributed by atoms with E-state index in [0.29, 0.717) is 5.92 Å². The number of nitrogens with one attached hydrogen (secondary N) is 1. The molecule has 0 spiro atoms. The van der Waals surface area contributed by atoms with Crippen molar-refractivity contribution < 1.29 is 0 Å². The van der Waals surface area contributed by atoms with Gasteiger partial charge in [-0.25, -0.2) is 9.97 Å². The van der Waals surface area contributed by atoms with Gasteiger partial charge in [0, 0.05) is 37.5 Å². The number of anilines is 2. The van der Waals surface area contributed by atoms with Crippen molar-refractivity contribution in [3.8, 4) is 11.3 Å². The lowest BCUT2D eigenvalue weighted by Gasteiger charge is -2.17. The zero-order chi connectivity index (χ0) is 15.4. The first kappa shape index (κ1) is 15.3. The van der Waals surface area contributed by atoms with E-state index >= 15 is 0 Å². The normalized spacial score (nSPS) is 10.8. The molecule has 0 aliphatic heterocycles. The molecule has 0 bridgehead atoms. The van der Waals surface area contributed by atoms with E-state index in [2.05, 4.69) is 65.2 Å². The van der Waals surface area contributed by atoms with Crippen LogP contribution in [0, 0.1) is 0 Å². The summed E-state index contributed by atoms with van der Waals surface area (Å²) in [5.41, 5.74) is 4.51. The Hall–Kier alpha value is -2.10. The first-order valence-electron chi connectivity index (χ1n) is 7.41. The first-order valence-corrected chi connectivity index (χ1v) is 7.41. The largest absolute Gasteiger partial charge is 0.378 e. The molecule has 112 valence electrons. The van der Waals surface area contributed by atoms with Gasteiger partial charge in [0.25, 0.3) is 0 Å². The second kappa shape index (κ2) is 6.57. The smallest absolute Gasteiger partial charge is 0.133 e. The third-order valence-corrected chi connectivity index (χ3v) is 3.46. The number of aromatic nitrogens is 2. The summed E-state index contributed by atoms with van der Waals surface area (Å²) < 4.78 is 0. The average Bonchev–Trinajstić information content (AvgIpc) is 2.47. The predicted molar refractivity (Wildman–Crippen MR) is 90.0 cm³/mol. The van der Waals surface area contributed by atoms with E-state index in [1.54, 1.807) is 6.33 Å². The molecule has 1 N–H and O–H groups in total. The predicted octanol–water partition coefficient (Wildman–Crippen LogP) is 3.76. The summed E-state index contributed by atoms with van der Waals surface area (Å²) in [6, 6.07) is 8.49. The minimum Gasteiger partial charge on any atom is -0.378 e. The number of nitrogens with zero attached hydrogens (tertiary/aromatic N) is 3. The Morgan fingerprint density at radius 1 is 1.10 bits per heavy atom. The van der Waals surface area contributed by atoms with E-state index < -0.39 is 0 Å². The fourth-order valence-electron chi connectivity index (χ4n) is 2.40. The number of benzene rings is 1. The maximum Gasteiger partial charge on any atom is 0.133 e. The highest BCUT2D eigenvalue weighted by Gasteiger charge is 2.15. The molecule has 0 unspecified atom stereocenters. The molecule has 4 nitrogen and oxygen atoms in total. The summed E-state index contributed by atoms with van der Waals surface area (Å²) in [4.78, 5) is 11.0. The molecule has 0 aliphatic carbocycles. The van der Waals surface area contributed by atoms with Gasteiger partial charge in [0.2, 0.25) is 0 Å². The van der Waals surface area contributed by atoms with Crippen LogP contribution in [0.5, 0.6) is 0 Å². The lowest BCUT2D eigenvalue weighted by Crippen LogP contribution is -2.09. The fraction of sp³-hybridized carbons (Fsp3) is 0.412. The highest BCUT2D eigenvalue weighted by molar-refractivity contribution is 5.70. The van der Waals surface area contributed by atoms with Crippen LogP contribution in [0.1, 0.15) is 32.3 Å². The van der Waals surface area contributed by atoms with Gasteiger partial charge in [0.15, 0.2) is 0 Å². The number of hydrogen-bond acceptors (Lipinski definition) is 4. The molecule has 4 heteroatoms. The van der Waals surface area contributed by atoms with Crippen LogP contribution in [0.3, 0.4) is 0 Å². The SMILES string of the molecule is CCNc1ncnc(-c2ccc(N(C)C)cc2)c1C(C)C. The standard InChI is InChI=1S/C17H24N4/c1-6-18-17-15(12(2)3)16(19-11-20-17)13-7-9-14(10-8-13)21(4)5/h7-12H,6H2,1-5H3,(H,18,19,20). The molecule has 1 aromatic carbocycles. The Kier molecular flexibility index (Phi) is 4.78. The van der Waals surface area contributed by atoms with Crippen molar-refractivity contribution in [3.05, 3.63) is 36.2 Å². The third kappa shape index (κ3) is 3.32. The van der Waals surface area contributed by atoms with E-state index in [1.165, 1.54) is 11.3 Å². The molecule has 0 aliphatic rings. The second-order valence-electron chi connectivity index (χ2n) is 5.61. The Labute approximate surface area is 127 Å². The lowest BCUT2D eigenvalue weighted by molar-refractivity contribution is 0.849. The molecule has 0 saturated heterocycles. The van der Waals surface area contributed by atoms with Gasteiger partial charge in [-0.05, 0) is 25.0 Å². The van der Waals surface area contributed by atoms with E-state index in [9.17, 15) is 0 Å². The van der Waals surface area contributed by atoms with Crippen LogP contribution in [0.4, 0.5) is 11.5 Å². The van der Waals surface area contributed by atoms with Gasteiger partial charge < -0.3 is 10.2 Å². The molecule has 0 radical (unpaired) electrons. The topological polar surface area (TPSA) is 41.1 Å². The Balaban J connectivity index is 2.49. The molecule has 0 atom stereocenters. The van der Waals surface area contributed by atoms with Crippen LogP contribution in [0.25, 0.3) is 11.3 Å². The van der Waals surface area contributed by atoms with Gasteiger partial charge in [-0.3, -0.25) is 0 Å². The molecular formula is C17H24N4. The van der Waals surface area contributed by atoms with Crippen LogP contribution < -0.4 is 10.2 Å². The average molecular weight is 284 g/mol. The van der Waals surface area contributed by atoms with Gasteiger partial charge in [-0.15, -0.1) is 0 Å². The quantitative estimate of drug-likeness (QED) is 0.907. The molecule has 0 fully saturated rings. The van der Waals surface area contributed by atoms with Crippen LogP contribution >= 0.6 is 0 Å². The molecular weight excluding hydrogens is 260 g/mol. The Bertz CT molecular complexity index is 588. The first-order chi connectivity index (χ1) is 10.0. The monoisotopic (exact) mass is 284 g/mol. The van der Waals surface area contributed by atoms with Crippen molar-refractivity contribution in [2.75, 3.05) is 30.9 Å². The van der Waals surface area contributed by atoms with Crippen molar-refractivity contribution in [3.63, 3.8) is 0 Å². The lowest BCUT2D eigenvalue weighted by atomic mass is 9.97. The van der Waals surface area contributed by atoms with Crippen LogP contribution in [-0.2, 0) is 0 Å². The molecule has 0 saturated carbocycles. The number of hydrogen-bond donors (Lipinski definition) is 1. The molecule has 2 rings (SSSR count). The van der Waals surface area contributed by atoms with E-state index in [1.807, 2.05) is 14.1 Å². The molecule has 1 heterocycles. The van der Waals surface area contributed by atoms with Gasteiger partial charge in [-0.1, -0.05) is 26.0 Å². The molecule has 0 amide bonds. The summed E-state index contributed by atoms with van der Waals surface area (Å²) >= 11 is 0. The highest BCUT2D eigenvalue weighted by atomic mass is 15.1. The molecule has 21 heavy (non-hydrogen) atoms. The zero-order valence-electron chi connectivity index (χ0n) is 13.5. The van der Waals surface area contributed by atoms with Crippen LogP contribution in [0.2, 0.25) is 0 Å². The van der Waals surface area contributed by atoms with Crippen molar-refractivity contribution in [1.29, 1.82) is 0 Å². The summed E-state index contributed by atoms with van der Waals surface area (Å²) in [6.45, 7) is 7.29. The summed E-state index contributed by atoms with van der Waals surface area (Å²) in [6.07, 6.45) is 1.64. The van der Waals surface area contributed by atoms with Crippen LogP contribution in [-0.4, -0.2) is 30.6 Å². The van der Waals surface area contributed by atoms with Gasteiger partial charge >= 0.3 is 0 Å². The van der Waals surface area contributed by atoms with Crippen molar-refractivity contribution in [2.24, 2.45) is 0 Å². The van der Waals surface area contributed by atoms with Gasteiger partial charge in [-0.2, -0.15) is 0 Å². The van der Waals surface area contributed by atoms with Crippen molar-refractivity contribution in [1.82, 2.24) is 9.97 Å². The summed E-state index contributed by atoms with van der Waals surface area (Å²) in [7, 11) is 4.09. The third-order valence-electron chi connectivity index (χ3n) is 3.46. The molecule has 2 aromatic rings. The maximum atomic E-state index is 4.52. The fourth-order valence-corrected chi connectivity index (χ4v) is 2.40. The van der Waals surface area contributed by atoms with Crippen molar-refractivity contribution >= 4 is 11.5 Å². The van der Waals surface area contributed by atoms with Gasteiger partial charge in [0.1, 0.15) is 12.1 Å². The Morgan fingerprint density at radius 2 is 1.76 bits per heavy atom. The van der Waals surface area contributed by atoms with E-state index in [-0.39, 0.29) is 0 Å². The van der Waals surface area contributed by atoms with Gasteiger partial charge in [0.05, 0.1) is 5.69 Å². The number of rotatable bonds is 5. The summed E-state index contributed by atoms with van der Waals surface area (Å²) in [5, 5.41) is 3.34. The highest BCUT2D eigenvalue weighted by Crippen LogP contribution is 2.32. The van der Waals surface area contributed by atoms with Crippen molar-refractivity contribution in [2.45, 2.75) is 26.7 Å². The summed E-state index contributed by atoms with van der Waals surface area (Å²) in [5.74, 6) is 1.30. The zero-order valence-corrected chi connectivity index (χ0v) is 13.5. The van der Waals surface area contributed by atoms with E-state index in [4.69, 9.17) is 0 Å². The minimum absolute atomic E-state index is 0.365. The Morgan fingerprint density at radius 3 is 2.29 bits per heavy atom. The van der Waals surface area contributed by atoms with Crippen LogP contribution in [0.15, 0.2) is 30.6 Å². The molecule has 1 aromatic heterocycles. The van der Waals surface area contributed by atoms with E-state index in [0.717, 1.165) is 23.6 Å². The maximum absolute atomic E-state index is 4.52. The second-order valence-corrected chi connectivity index (χ2v) is 5.61. The minimum atomic E-state index is 0.365.